The van der Waals surface area contributed by atoms with Crippen LogP contribution in [0.15, 0.2) is 29.3 Å². The van der Waals surface area contributed by atoms with Crippen molar-refractivity contribution < 1.29 is 9.90 Å². The van der Waals surface area contributed by atoms with Crippen LogP contribution in [0.25, 0.3) is 0 Å². The van der Waals surface area contributed by atoms with Crippen LogP contribution in [0.1, 0.15) is 34.2 Å². The molecule has 0 fully saturated rings. The Hall–Kier alpha value is -2.07. The highest BCUT2D eigenvalue weighted by Gasteiger charge is 2.08. The Balaban J connectivity index is 2.38. The van der Waals surface area contributed by atoms with Gasteiger partial charge < -0.3 is 9.67 Å². The molecule has 2 rings (SSSR count). The van der Waals surface area contributed by atoms with E-state index in [-0.39, 0.29) is 5.56 Å². The highest BCUT2D eigenvalue weighted by Crippen LogP contribution is 2.26. The van der Waals surface area contributed by atoms with Gasteiger partial charge in [-0.3, -0.25) is 4.99 Å². The van der Waals surface area contributed by atoms with E-state index in [9.17, 15) is 4.79 Å². The van der Waals surface area contributed by atoms with Crippen molar-refractivity contribution in [1.29, 1.82) is 0 Å². The van der Waals surface area contributed by atoms with Gasteiger partial charge in [-0.1, -0.05) is 11.6 Å². The van der Waals surface area contributed by atoms with Gasteiger partial charge in [-0.2, -0.15) is 0 Å². The monoisotopic (exact) mass is 304 g/mol. The normalized spacial score (nSPS) is 11.2. The van der Waals surface area contributed by atoms with E-state index in [0.717, 1.165) is 17.8 Å². The summed E-state index contributed by atoms with van der Waals surface area (Å²) in [6.45, 7) is 7.08. The summed E-state index contributed by atoms with van der Waals surface area (Å²) >= 11 is 6.06. The Morgan fingerprint density at radius 2 is 2.10 bits per heavy atom. The smallest absolute Gasteiger partial charge is 0.335 e. The molecule has 0 amide bonds. The SMILES string of the molecule is CCn1c(C)cc(C=Nc2cc(C(=O)O)ccc2Cl)c1C. The predicted molar refractivity (Wildman–Crippen MR) is 85.2 cm³/mol. The number of halogens is 1. The molecule has 110 valence electrons. The fourth-order valence-electron chi connectivity index (χ4n) is 2.33. The zero-order valence-electron chi connectivity index (χ0n) is 12.2. The zero-order valence-corrected chi connectivity index (χ0v) is 13.0. The topological polar surface area (TPSA) is 54.6 Å². The molecule has 0 radical (unpaired) electrons. The molecule has 1 aromatic carbocycles. The number of carbonyl (C=O) groups is 1. The van der Waals surface area contributed by atoms with Crippen molar-refractivity contribution in [3.8, 4) is 0 Å². The molecular formula is C16H17ClN2O2. The van der Waals surface area contributed by atoms with E-state index in [1.54, 1.807) is 12.3 Å². The van der Waals surface area contributed by atoms with E-state index in [2.05, 4.69) is 22.5 Å². The van der Waals surface area contributed by atoms with E-state index in [4.69, 9.17) is 16.7 Å². The minimum absolute atomic E-state index is 0.172. The molecule has 0 aliphatic rings. The van der Waals surface area contributed by atoms with E-state index in [1.165, 1.54) is 17.8 Å². The molecule has 0 aliphatic carbocycles. The van der Waals surface area contributed by atoms with Crippen LogP contribution >= 0.6 is 11.6 Å². The molecule has 2 aromatic rings. The Labute approximate surface area is 128 Å². The lowest BCUT2D eigenvalue weighted by molar-refractivity contribution is 0.0697. The lowest BCUT2D eigenvalue weighted by atomic mass is 10.2. The number of aliphatic imine (C=N–C) groups is 1. The van der Waals surface area contributed by atoms with Crippen LogP contribution in [0.2, 0.25) is 5.02 Å². The highest BCUT2D eigenvalue weighted by molar-refractivity contribution is 6.33. The molecule has 0 saturated heterocycles. The third-order valence-electron chi connectivity index (χ3n) is 3.46. The molecule has 0 saturated carbocycles. The average Bonchev–Trinajstić information content (AvgIpc) is 2.71. The average molecular weight is 305 g/mol. The van der Waals surface area contributed by atoms with Crippen LogP contribution < -0.4 is 0 Å². The number of rotatable bonds is 4. The lowest BCUT2D eigenvalue weighted by Crippen LogP contribution is -1.99. The van der Waals surface area contributed by atoms with E-state index < -0.39 is 5.97 Å². The number of aromatic carboxylic acids is 1. The van der Waals surface area contributed by atoms with Crippen LogP contribution in [-0.4, -0.2) is 21.9 Å². The van der Waals surface area contributed by atoms with Crippen LogP contribution in [0.4, 0.5) is 5.69 Å². The maximum absolute atomic E-state index is 11.0. The third-order valence-corrected chi connectivity index (χ3v) is 3.78. The Kier molecular flexibility index (Phi) is 4.48. The summed E-state index contributed by atoms with van der Waals surface area (Å²) in [6, 6.07) is 6.54. The van der Waals surface area contributed by atoms with Crippen molar-refractivity contribution in [1.82, 2.24) is 4.57 Å². The second kappa shape index (κ2) is 6.14. The van der Waals surface area contributed by atoms with Gasteiger partial charge in [0, 0.05) is 29.7 Å². The number of hydrogen-bond acceptors (Lipinski definition) is 2. The van der Waals surface area contributed by atoms with Gasteiger partial charge in [0.15, 0.2) is 0 Å². The summed E-state index contributed by atoms with van der Waals surface area (Å²) in [4.78, 5) is 15.3. The predicted octanol–water partition coefficient (Wildman–Crippen LogP) is 4.23. The minimum atomic E-state index is -0.993. The van der Waals surface area contributed by atoms with Crippen LogP contribution in [0.3, 0.4) is 0 Å². The van der Waals surface area contributed by atoms with Crippen LogP contribution in [-0.2, 0) is 6.54 Å². The van der Waals surface area contributed by atoms with Gasteiger partial charge in [-0.25, -0.2) is 4.79 Å². The Morgan fingerprint density at radius 3 is 2.67 bits per heavy atom. The number of benzene rings is 1. The second-order valence-corrected chi connectivity index (χ2v) is 5.21. The Bertz CT molecular complexity index is 717. The van der Waals surface area contributed by atoms with Crippen LogP contribution in [0.5, 0.6) is 0 Å². The van der Waals surface area contributed by atoms with Crippen molar-refractivity contribution in [2.45, 2.75) is 27.3 Å². The fourth-order valence-corrected chi connectivity index (χ4v) is 2.50. The maximum Gasteiger partial charge on any atom is 0.335 e. The molecule has 0 unspecified atom stereocenters. The molecule has 0 aliphatic heterocycles. The fraction of sp³-hybridized carbons (Fsp3) is 0.250. The van der Waals surface area contributed by atoms with E-state index in [0.29, 0.717) is 10.7 Å². The molecule has 1 aromatic heterocycles. The van der Waals surface area contributed by atoms with Crippen LogP contribution in [0, 0.1) is 13.8 Å². The van der Waals surface area contributed by atoms with Crippen molar-refractivity contribution in [3.05, 3.63) is 51.8 Å². The third kappa shape index (κ3) is 3.16. The van der Waals surface area contributed by atoms with Crippen molar-refractivity contribution in [2.24, 2.45) is 4.99 Å². The van der Waals surface area contributed by atoms with Gasteiger partial charge in [-0.15, -0.1) is 0 Å². The van der Waals surface area contributed by atoms with Gasteiger partial charge >= 0.3 is 5.97 Å². The van der Waals surface area contributed by atoms with E-state index >= 15 is 0 Å². The summed E-state index contributed by atoms with van der Waals surface area (Å²) in [6.07, 6.45) is 1.72. The van der Waals surface area contributed by atoms with E-state index in [1.807, 2.05) is 13.8 Å². The summed E-state index contributed by atoms with van der Waals surface area (Å²) < 4.78 is 2.19. The first kappa shape index (κ1) is 15.3. The quantitative estimate of drug-likeness (QED) is 0.859. The first-order valence-corrected chi connectivity index (χ1v) is 7.05. The van der Waals surface area contributed by atoms with Crippen molar-refractivity contribution in [2.75, 3.05) is 0 Å². The maximum atomic E-state index is 11.0. The second-order valence-electron chi connectivity index (χ2n) is 4.80. The summed E-state index contributed by atoms with van der Waals surface area (Å²) in [5, 5.41) is 9.43. The summed E-state index contributed by atoms with van der Waals surface area (Å²) in [5.41, 5.74) is 3.93. The van der Waals surface area contributed by atoms with Gasteiger partial charge in [0.2, 0.25) is 0 Å². The number of nitrogens with zero attached hydrogens (tertiary/aromatic N) is 2. The number of aromatic nitrogens is 1. The molecule has 1 heterocycles. The number of carboxylic acids is 1. The summed E-state index contributed by atoms with van der Waals surface area (Å²) in [7, 11) is 0. The van der Waals surface area contributed by atoms with Crippen molar-refractivity contribution >= 4 is 29.5 Å². The zero-order chi connectivity index (χ0) is 15.6. The molecule has 0 bridgehead atoms. The molecule has 4 nitrogen and oxygen atoms in total. The number of aryl methyl sites for hydroxylation is 1. The van der Waals surface area contributed by atoms with Crippen molar-refractivity contribution in [3.63, 3.8) is 0 Å². The summed E-state index contributed by atoms with van der Waals surface area (Å²) in [5.74, 6) is -0.993. The molecule has 0 atom stereocenters. The molecule has 5 heteroatoms. The number of carboxylic acid groups (broad SMARTS) is 1. The molecule has 0 spiro atoms. The molecule has 1 N–H and O–H groups in total. The first-order valence-electron chi connectivity index (χ1n) is 6.67. The largest absolute Gasteiger partial charge is 0.478 e. The Morgan fingerprint density at radius 1 is 1.38 bits per heavy atom. The first-order chi connectivity index (χ1) is 9.93. The van der Waals surface area contributed by atoms with Gasteiger partial charge in [0.25, 0.3) is 0 Å². The lowest BCUT2D eigenvalue weighted by Gasteiger charge is -2.04. The van der Waals surface area contributed by atoms with Gasteiger partial charge in [-0.05, 0) is 45.0 Å². The minimum Gasteiger partial charge on any atom is -0.478 e. The highest BCUT2D eigenvalue weighted by atomic mass is 35.5. The number of hydrogen-bond donors (Lipinski definition) is 1. The molecular weight excluding hydrogens is 288 g/mol. The van der Waals surface area contributed by atoms with Gasteiger partial charge in [0.05, 0.1) is 16.3 Å². The molecule has 21 heavy (non-hydrogen) atoms. The standard InChI is InChI=1S/C16H17ClN2O2/c1-4-19-10(2)7-13(11(19)3)9-18-15-8-12(16(20)21)5-6-14(15)17/h5-9H,4H2,1-3H3,(H,20,21). The van der Waals surface area contributed by atoms with Gasteiger partial charge in [0.1, 0.15) is 0 Å².